The predicted molar refractivity (Wildman–Crippen MR) is 72.6 cm³/mol. The molecule has 96 valence electrons. The average Bonchev–Trinajstić information content (AvgIpc) is 2.39. The molecule has 3 nitrogen and oxygen atoms in total. The van der Waals surface area contributed by atoms with Crippen molar-refractivity contribution >= 4 is 11.8 Å². The van der Waals surface area contributed by atoms with E-state index in [0.29, 0.717) is 16.9 Å². The summed E-state index contributed by atoms with van der Waals surface area (Å²) < 4.78 is 5.31. The highest BCUT2D eigenvalue weighted by Crippen LogP contribution is 2.22. The van der Waals surface area contributed by atoms with E-state index in [1.54, 1.807) is 36.4 Å². The van der Waals surface area contributed by atoms with Crippen molar-refractivity contribution in [2.24, 2.45) is 0 Å². The van der Waals surface area contributed by atoms with Crippen LogP contribution in [-0.2, 0) is 0 Å². The molecule has 2 aromatic rings. The molecule has 0 fully saturated rings. The van der Waals surface area contributed by atoms with Crippen molar-refractivity contribution in [1.82, 2.24) is 0 Å². The van der Waals surface area contributed by atoms with Crippen LogP contribution in [0, 0.1) is 6.92 Å². The number of ether oxygens (including phenoxy) is 1. The molecule has 0 saturated carbocycles. The number of hydrogen-bond acceptors (Lipinski definition) is 3. The molecule has 2 aromatic carbocycles. The van der Waals surface area contributed by atoms with Crippen molar-refractivity contribution < 1.29 is 14.3 Å². The van der Waals surface area contributed by atoms with Crippen LogP contribution in [0.15, 0.2) is 48.5 Å². The van der Waals surface area contributed by atoms with Gasteiger partial charge in [-0.25, -0.2) is 4.79 Å². The van der Waals surface area contributed by atoms with Crippen molar-refractivity contribution in [2.75, 3.05) is 0 Å². The van der Waals surface area contributed by atoms with Crippen LogP contribution in [0.3, 0.4) is 0 Å². The topological polar surface area (TPSA) is 43.4 Å². The number of Topliss-reactive ketones (excluding diaryl/α,β-unsaturated/α-hetero) is 1. The first-order valence-corrected chi connectivity index (χ1v) is 5.97. The molecule has 0 N–H and O–H groups in total. The van der Waals surface area contributed by atoms with Gasteiger partial charge in [-0.1, -0.05) is 24.3 Å². The first kappa shape index (κ1) is 13.0. The van der Waals surface area contributed by atoms with Crippen molar-refractivity contribution in [3.63, 3.8) is 0 Å². The Bertz CT molecular complexity index is 615. The lowest BCUT2D eigenvalue weighted by atomic mass is 10.1. The van der Waals surface area contributed by atoms with E-state index in [-0.39, 0.29) is 5.78 Å². The van der Waals surface area contributed by atoms with Gasteiger partial charge in [0.1, 0.15) is 5.75 Å². The predicted octanol–water partition coefficient (Wildman–Crippen LogP) is 3.42. The Kier molecular flexibility index (Phi) is 3.76. The third kappa shape index (κ3) is 3.07. The summed E-state index contributed by atoms with van der Waals surface area (Å²) in [5.41, 5.74) is 1.80. The number of carbonyl (C=O) groups excluding carboxylic acids is 2. The molecule has 0 saturated heterocycles. The van der Waals surface area contributed by atoms with Gasteiger partial charge in [-0.05, 0) is 43.7 Å². The number of carbonyl (C=O) groups is 2. The van der Waals surface area contributed by atoms with Crippen LogP contribution >= 0.6 is 0 Å². The summed E-state index contributed by atoms with van der Waals surface area (Å²) in [6.45, 7) is 3.33. The third-order valence-corrected chi connectivity index (χ3v) is 2.73. The van der Waals surface area contributed by atoms with Gasteiger partial charge in [0.15, 0.2) is 5.78 Å². The fourth-order valence-corrected chi connectivity index (χ4v) is 1.74. The Morgan fingerprint density at radius 3 is 2.32 bits per heavy atom. The molecule has 3 heteroatoms. The maximum absolute atomic E-state index is 12.0. The van der Waals surface area contributed by atoms with Gasteiger partial charge in [0, 0.05) is 0 Å². The number of ketones is 1. The first-order valence-electron chi connectivity index (χ1n) is 5.97. The minimum atomic E-state index is -0.464. The number of hydrogen-bond donors (Lipinski definition) is 0. The van der Waals surface area contributed by atoms with E-state index in [0.717, 1.165) is 5.56 Å². The van der Waals surface area contributed by atoms with Gasteiger partial charge in [-0.3, -0.25) is 4.79 Å². The van der Waals surface area contributed by atoms with Gasteiger partial charge in [0.2, 0.25) is 0 Å². The number of aryl methyl sites for hydroxylation is 1. The Morgan fingerprint density at radius 1 is 1.00 bits per heavy atom. The molecular formula is C16H14O3. The summed E-state index contributed by atoms with van der Waals surface area (Å²) in [5, 5.41) is 0. The number of benzene rings is 2. The Hall–Kier alpha value is -2.42. The smallest absolute Gasteiger partial charge is 0.343 e. The fraction of sp³-hybridized carbons (Fsp3) is 0.125. The maximum atomic E-state index is 12.0. The zero-order valence-corrected chi connectivity index (χ0v) is 10.8. The van der Waals surface area contributed by atoms with E-state index >= 15 is 0 Å². The normalized spacial score (nSPS) is 10.0. The summed E-state index contributed by atoms with van der Waals surface area (Å²) in [4.78, 5) is 23.5. The van der Waals surface area contributed by atoms with Crippen molar-refractivity contribution in [2.45, 2.75) is 13.8 Å². The molecule has 0 aliphatic heterocycles. The van der Waals surface area contributed by atoms with Crippen LogP contribution in [0.2, 0.25) is 0 Å². The van der Waals surface area contributed by atoms with E-state index in [1.807, 2.05) is 19.1 Å². The highest BCUT2D eigenvalue weighted by Gasteiger charge is 2.13. The molecule has 0 aliphatic carbocycles. The molecule has 2 rings (SSSR count). The monoisotopic (exact) mass is 254 g/mol. The van der Waals surface area contributed by atoms with E-state index in [2.05, 4.69) is 0 Å². The lowest BCUT2D eigenvalue weighted by Gasteiger charge is -2.09. The van der Waals surface area contributed by atoms with E-state index in [1.165, 1.54) is 6.92 Å². The molecule has 0 unspecified atom stereocenters. The van der Waals surface area contributed by atoms with E-state index in [9.17, 15) is 9.59 Å². The summed E-state index contributed by atoms with van der Waals surface area (Å²) in [5.74, 6) is -0.286. The molecule has 0 amide bonds. The lowest BCUT2D eigenvalue weighted by Crippen LogP contribution is -2.11. The Labute approximate surface area is 111 Å². The van der Waals surface area contributed by atoms with Crippen LogP contribution in [0.1, 0.15) is 33.2 Å². The second-order valence-electron chi connectivity index (χ2n) is 4.31. The van der Waals surface area contributed by atoms with Crippen LogP contribution < -0.4 is 4.74 Å². The Balaban J connectivity index is 2.31. The van der Waals surface area contributed by atoms with Crippen molar-refractivity contribution in [3.05, 3.63) is 65.2 Å². The molecule has 0 aliphatic rings. The fourth-order valence-electron chi connectivity index (χ4n) is 1.74. The number of esters is 1. The summed E-state index contributed by atoms with van der Waals surface area (Å²) in [6, 6.07) is 13.9. The molecule has 0 spiro atoms. The van der Waals surface area contributed by atoms with Gasteiger partial charge >= 0.3 is 5.97 Å². The second kappa shape index (κ2) is 5.48. The zero-order valence-electron chi connectivity index (χ0n) is 10.8. The number of rotatable bonds is 3. The first-order chi connectivity index (χ1) is 9.08. The largest absolute Gasteiger partial charge is 0.422 e. The molecule has 0 atom stereocenters. The molecule has 0 bridgehead atoms. The third-order valence-electron chi connectivity index (χ3n) is 2.73. The van der Waals surface area contributed by atoms with Crippen molar-refractivity contribution in [1.29, 1.82) is 0 Å². The van der Waals surface area contributed by atoms with E-state index < -0.39 is 5.97 Å². The van der Waals surface area contributed by atoms with Gasteiger partial charge < -0.3 is 4.74 Å². The molecule has 0 heterocycles. The van der Waals surface area contributed by atoms with Crippen LogP contribution in [0.25, 0.3) is 0 Å². The standard InChI is InChI=1S/C16H14O3/c1-11-8-9-14(12(2)17)15(10-11)19-16(18)13-6-4-3-5-7-13/h3-10H,1-2H3. The average molecular weight is 254 g/mol. The van der Waals surface area contributed by atoms with Crippen LogP contribution in [0.4, 0.5) is 0 Å². The summed E-state index contributed by atoms with van der Waals surface area (Å²) in [6.07, 6.45) is 0. The van der Waals surface area contributed by atoms with Crippen LogP contribution in [-0.4, -0.2) is 11.8 Å². The Morgan fingerprint density at radius 2 is 1.68 bits per heavy atom. The van der Waals surface area contributed by atoms with Crippen LogP contribution in [0.5, 0.6) is 5.75 Å². The highest BCUT2D eigenvalue weighted by molar-refractivity contribution is 5.99. The maximum Gasteiger partial charge on any atom is 0.343 e. The van der Waals surface area contributed by atoms with Gasteiger partial charge in [-0.15, -0.1) is 0 Å². The minimum absolute atomic E-state index is 0.129. The molecular weight excluding hydrogens is 240 g/mol. The lowest BCUT2D eigenvalue weighted by molar-refractivity contribution is 0.0733. The van der Waals surface area contributed by atoms with Crippen molar-refractivity contribution in [3.8, 4) is 5.75 Å². The molecule has 0 aromatic heterocycles. The SMILES string of the molecule is CC(=O)c1ccc(C)cc1OC(=O)c1ccccc1. The summed E-state index contributed by atoms with van der Waals surface area (Å²) >= 11 is 0. The summed E-state index contributed by atoms with van der Waals surface area (Å²) in [7, 11) is 0. The molecule has 0 radical (unpaired) electrons. The van der Waals surface area contributed by atoms with Gasteiger partial charge in [0.05, 0.1) is 11.1 Å². The van der Waals surface area contributed by atoms with Gasteiger partial charge in [0.25, 0.3) is 0 Å². The zero-order chi connectivity index (χ0) is 13.8. The molecule has 19 heavy (non-hydrogen) atoms. The minimum Gasteiger partial charge on any atom is -0.422 e. The van der Waals surface area contributed by atoms with E-state index in [4.69, 9.17) is 4.74 Å². The quantitative estimate of drug-likeness (QED) is 0.479. The highest BCUT2D eigenvalue weighted by atomic mass is 16.5. The second-order valence-corrected chi connectivity index (χ2v) is 4.31. The van der Waals surface area contributed by atoms with Gasteiger partial charge in [-0.2, -0.15) is 0 Å².